The van der Waals surface area contributed by atoms with E-state index in [1.54, 1.807) is 29.7 Å². The molecule has 2 heterocycles. The Hall–Kier alpha value is -0.350. The van der Waals surface area contributed by atoms with Crippen molar-refractivity contribution < 1.29 is 4.79 Å². The van der Waals surface area contributed by atoms with Gasteiger partial charge in [0.25, 0.3) is 0 Å². The average Bonchev–Trinajstić information content (AvgIpc) is 2.71. The van der Waals surface area contributed by atoms with Crippen LogP contribution in [-0.2, 0) is 0 Å². The lowest BCUT2D eigenvalue weighted by molar-refractivity contribution is 0.101. The largest absolute Gasteiger partial charge is 0.359 e. The number of H-pyrrole nitrogens is 1. The molecule has 0 aromatic carbocycles. The minimum absolute atomic E-state index is 0.118. The van der Waals surface area contributed by atoms with Gasteiger partial charge in [-0.2, -0.15) is 0 Å². The number of hydrogen-bond acceptors (Lipinski definition) is 3. The smallest absolute Gasteiger partial charge is 0.201 e. The minimum atomic E-state index is 0.118. The molecule has 70 valence electrons. The maximum Gasteiger partial charge on any atom is 0.201 e. The number of nitrogens with one attached hydrogen (secondary N) is 1. The number of ketones is 1. The van der Waals surface area contributed by atoms with Gasteiger partial charge in [0.1, 0.15) is 4.58 Å². The number of rotatable bonds is 2. The molecule has 0 aliphatic carbocycles. The van der Waals surface area contributed by atoms with Gasteiger partial charge in [-0.3, -0.25) is 4.79 Å². The molecule has 0 unspecified atom stereocenters. The zero-order chi connectivity index (χ0) is 9.10. The van der Waals surface area contributed by atoms with Crippen molar-refractivity contribution in [2.45, 2.75) is 11.0 Å². The molecule has 4 heteroatoms. The van der Waals surface area contributed by atoms with E-state index < -0.39 is 0 Å². The zero-order valence-electron chi connectivity index (χ0n) is 7.16. The fourth-order valence-corrected chi connectivity index (χ4v) is 4.00. The molecule has 1 N–H and O–H groups in total. The summed E-state index contributed by atoms with van der Waals surface area (Å²) in [5.41, 5.74) is 0.743. The monoisotopic (exact) mass is 213 g/mol. The van der Waals surface area contributed by atoms with Crippen LogP contribution in [0.1, 0.15) is 16.9 Å². The third-order valence-electron chi connectivity index (χ3n) is 1.90. The number of carbonyl (C=O) groups excluding carboxylic acids is 1. The molecule has 1 fully saturated rings. The highest BCUT2D eigenvalue weighted by atomic mass is 32.2. The van der Waals surface area contributed by atoms with Crippen LogP contribution < -0.4 is 0 Å². The maximum absolute atomic E-state index is 11.8. The first-order valence-corrected chi connectivity index (χ1v) is 6.38. The SMILES string of the molecule is O=C(c1ccc[nH]1)C1SCCCS1. The second-order valence-electron chi connectivity index (χ2n) is 2.88. The van der Waals surface area contributed by atoms with E-state index in [0.29, 0.717) is 0 Å². The summed E-state index contributed by atoms with van der Waals surface area (Å²) in [6.45, 7) is 0. The Morgan fingerprint density at radius 3 is 2.85 bits per heavy atom. The topological polar surface area (TPSA) is 32.9 Å². The number of carbonyl (C=O) groups is 1. The van der Waals surface area contributed by atoms with Crippen LogP contribution in [0.2, 0.25) is 0 Å². The van der Waals surface area contributed by atoms with Crippen LogP contribution in [-0.4, -0.2) is 26.9 Å². The summed E-state index contributed by atoms with van der Waals surface area (Å²) in [5.74, 6) is 2.47. The third kappa shape index (κ3) is 2.11. The summed E-state index contributed by atoms with van der Waals surface area (Å²) in [4.78, 5) is 14.7. The molecule has 1 aliphatic heterocycles. The van der Waals surface area contributed by atoms with E-state index in [1.807, 2.05) is 12.1 Å². The van der Waals surface area contributed by atoms with Crippen LogP contribution >= 0.6 is 23.5 Å². The maximum atomic E-state index is 11.8. The van der Waals surface area contributed by atoms with Crippen LogP contribution in [0.3, 0.4) is 0 Å². The molecular weight excluding hydrogens is 202 g/mol. The van der Waals surface area contributed by atoms with E-state index in [2.05, 4.69) is 4.98 Å². The summed E-state index contributed by atoms with van der Waals surface area (Å²) in [7, 11) is 0. The van der Waals surface area contributed by atoms with Crippen molar-refractivity contribution in [3.05, 3.63) is 24.0 Å². The average molecular weight is 213 g/mol. The summed E-state index contributed by atoms with van der Waals surface area (Å²) >= 11 is 3.53. The highest BCUT2D eigenvalue weighted by Crippen LogP contribution is 2.32. The van der Waals surface area contributed by atoms with E-state index in [9.17, 15) is 4.79 Å². The summed E-state index contributed by atoms with van der Waals surface area (Å²) < 4.78 is 0.118. The molecule has 0 spiro atoms. The normalized spacial score (nSPS) is 18.8. The van der Waals surface area contributed by atoms with Crippen molar-refractivity contribution in [3.8, 4) is 0 Å². The molecule has 2 rings (SSSR count). The van der Waals surface area contributed by atoms with Gasteiger partial charge in [0.15, 0.2) is 0 Å². The number of aromatic nitrogens is 1. The van der Waals surface area contributed by atoms with Crippen LogP contribution in [0.4, 0.5) is 0 Å². The molecule has 13 heavy (non-hydrogen) atoms. The molecule has 2 nitrogen and oxygen atoms in total. The van der Waals surface area contributed by atoms with Gasteiger partial charge in [0.05, 0.1) is 5.69 Å². The highest BCUT2D eigenvalue weighted by molar-refractivity contribution is 8.18. The first-order chi connectivity index (χ1) is 6.38. The number of thioether (sulfide) groups is 2. The van der Waals surface area contributed by atoms with Gasteiger partial charge >= 0.3 is 0 Å². The molecule has 0 bridgehead atoms. The lowest BCUT2D eigenvalue weighted by atomic mass is 10.3. The Kier molecular flexibility index (Phi) is 3.01. The first kappa shape index (κ1) is 9.21. The van der Waals surface area contributed by atoms with Crippen molar-refractivity contribution >= 4 is 29.3 Å². The van der Waals surface area contributed by atoms with Gasteiger partial charge < -0.3 is 4.98 Å². The Morgan fingerprint density at radius 2 is 2.23 bits per heavy atom. The molecule has 0 amide bonds. The van der Waals surface area contributed by atoms with Gasteiger partial charge in [-0.1, -0.05) is 0 Å². The van der Waals surface area contributed by atoms with Crippen molar-refractivity contribution in [1.29, 1.82) is 0 Å². The minimum Gasteiger partial charge on any atom is -0.359 e. The Labute approximate surface area is 85.9 Å². The Morgan fingerprint density at radius 1 is 1.46 bits per heavy atom. The van der Waals surface area contributed by atoms with Crippen LogP contribution in [0.25, 0.3) is 0 Å². The predicted octanol–water partition coefficient (Wildman–Crippen LogP) is 2.39. The van der Waals surface area contributed by atoms with E-state index in [0.717, 1.165) is 17.2 Å². The van der Waals surface area contributed by atoms with Gasteiger partial charge in [-0.25, -0.2) is 0 Å². The lowest BCUT2D eigenvalue weighted by Crippen LogP contribution is -2.18. The number of Topliss-reactive ketones (excluding diaryl/α,β-unsaturated/α-hetero) is 1. The molecule has 0 atom stereocenters. The molecule has 0 saturated carbocycles. The second-order valence-corrected chi connectivity index (χ2v) is 5.60. The molecule has 1 aliphatic rings. The Bertz CT molecular complexity index is 278. The fraction of sp³-hybridized carbons (Fsp3) is 0.444. The van der Waals surface area contributed by atoms with E-state index in [1.165, 1.54) is 6.42 Å². The standard InChI is InChI=1S/C9H11NOS2/c11-8(7-3-1-4-10-7)9-12-5-2-6-13-9/h1,3-4,9-10H,2,5-6H2. The zero-order valence-corrected chi connectivity index (χ0v) is 8.79. The lowest BCUT2D eigenvalue weighted by Gasteiger charge is -2.18. The molecule has 1 saturated heterocycles. The number of aromatic amines is 1. The van der Waals surface area contributed by atoms with E-state index in [-0.39, 0.29) is 10.4 Å². The van der Waals surface area contributed by atoms with Gasteiger partial charge in [-0.05, 0) is 30.1 Å². The van der Waals surface area contributed by atoms with Crippen molar-refractivity contribution in [1.82, 2.24) is 4.98 Å². The quantitative estimate of drug-likeness (QED) is 0.766. The van der Waals surface area contributed by atoms with Gasteiger partial charge in [0.2, 0.25) is 5.78 Å². The van der Waals surface area contributed by atoms with Crippen molar-refractivity contribution in [2.75, 3.05) is 11.5 Å². The van der Waals surface area contributed by atoms with Crippen LogP contribution in [0.5, 0.6) is 0 Å². The van der Waals surface area contributed by atoms with E-state index >= 15 is 0 Å². The third-order valence-corrected chi connectivity index (χ3v) is 4.80. The summed E-state index contributed by atoms with van der Waals surface area (Å²) in [6, 6.07) is 3.71. The highest BCUT2D eigenvalue weighted by Gasteiger charge is 2.23. The molecule has 1 aromatic rings. The molecular formula is C9H11NOS2. The van der Waals surface area contributed by atoms with Gasteiger partial charge in [-0.15, -0.1) is 23.5 Å². The van der Waals surface area contributed by atoms with Crippen LogP contribution in [0.15, 0.2) is 18.3 Å². The summed E-state index contributed by atoms with van der Waals surface area (Å²) in [5, 5.41) is 0. The van der Waals surface area contributed by atoms with Gasteiger partial charge in [0, 0.05) is 6.20 Å². The molecule has 1 aromatic heterocycles. The first-order valence-electron chi connectivity index (χ1n) is 4.29. The summed E-state index contributed by atoms with van der Waals surface area (Å²) in [6.07, 6.45) is 3.02. The second kappa shape index (κ2) is 4.24. The van der Waals surface area contributed by atoms with E-state index in [4.69, 9.17) is 0 Å². The van der Waals surface area contributed by atoms with Crippen molar-refractivity contribution in [3.63, 3.8) is 0 Å². The van der Waals surface area contributed by atoms with Crippen molar-refractivity contribution in [2.24, 2.45) is 0 Å². The Balaban J connectivity index is 2.04. The number of hydrogen-bond donors (Lipinski definition) is 1. The van der Waals surface area contributed by atoms with Crippen LogP contribution in [0, 0.1) is 0 Å². The predicted molar refractivity (Wildman–Crippen MR) is 58.4 cm³/mol. The molecule has 0 radical (unpaired) electrons. The fourth-order valence-electron chi connectivity index (χ4n) is 1.25.